The largest absolute Gasteiger partial charge is 0.330 e. The van der Waals surface area contributed by atoms with Crippen LogP contribution in [0.25, 0.3) is 10.9 Å². The number of nitrogens with zero attached hydrogens (tertiary/aromatic N) is 3. The van der Waals surface area contributed by atoms with Crippen molar-refractivity contribution in [3.05, 3.63) is 71.2 Å². The van der Waals surface area contributed by atoms with Crippen molar-refractivity contribution in [3.8, 4) is 0 Å². The van der Waals surface area contributed by atoms with Gasteiger partial charge in [-0.15, -0.1) is 0 Å². The van der Waals surface area contributed by atoms with E-state index in [1.54, 1.807) is 6.20 Å². The van der Waals surface area contributed by atoms with E-state index in [4.69, 9.17) is 0 Å². The molecule has 1 aromatic carbocycles. The van der Waals surface area contributed by atoms with Crippen LogP contribution in [0.3, 0.4) is 0 Å². The van der Waals surface area contributed by atoms with E-state index in [0.717, 1.165) is 27.9 Å². The first-order valence-electron chi connectivity index (χ1n) is 8.54. The molecule has 4 heteroatoms. The first-order valence-corrected chi connectivity index (χ1v) is 8.54. The number of amides is 1. The van der Waals surface area contributed by atoms with Gasteiger partial charge in [-0.1, -0.05) is 17.7 Å². The van der Waals surface area contributed by atoms with Crippen LogP contribution in [0.15, 0.2) is 48.7 Å². The van der Waals surface area contributed by atoms with Gasteiger partial charge in [-0.05, 0) is 58.0 Å². The van der Waals surface area contributed by atoms with E-state index in [0.29, 0.717) is 12.1 Å². The molecule has 0 aliphatic carbocycles. The van der Waals surface area contributed by atoms with Gasteiger partial charge in [0.2, 0.25) is 0 Å². The van der Waals surface area contributed by atoms with Crippen LogP contribution in [0.2, 0.25) is 0 Å². The first kappa shape index (κ1) is 17.1. The highest BCUT2D eigenvalue weighted by molar-refractivity contribution is 6.06. The quantitative estimate of drug-likeness (QED) is 0.715. The second-order valence-electron chi connectivity index (χ2n) is 6.68. The van der Waals surface area contributed by atoms with Gasteiger partial charge in [0.1, 0.15) is 0 Å². The van der Waals surface area contributed by atoms with Gasteiger partial charge in [-0.3, -0.25) is 14.8 Å². The SMILES string of the molecule is Cc1ccc2nc(C)cc(C(=O)N(Cc3ccccn3)C(C)C)c2c1. The van der Waals surface area contributed by atoms with Gasteiger partial charge >= 0.3 is 0 Å². The smallest absolute Gasteiger partial charge is 0.255 e. The molecule has 0 aliphatic rings. The summed E-state index contributed by atoms with van der Waals surface area (Å²) < 4.78 is 0. The number of benzene rings is 1. The van der Waals surface area contributed by atoms with Gasteiger partial charge in [-0.2, -0.15) is 0 Å². The molecule has 3 aromatic rings. The zero-order valence-corrected chi connectivity index (χ0v) is 15.2. The van der Waals surface area contributed by atoms with Gasteiger partial charge in [0.25, 0.3) is 5.91 Å². The van der Waals surface area contributed by atoms with Gasteiger partial charge in [0.15, 0.2) is 0 Å². The Bertz CT molecular complexity index is 904. The number of rotatable bonds is 4. The minimum absolute atomic E-state index is 0.0155. The molecule has 0 saturated heterocycles. The van der Waals surface area contributed by atoms with E-state index < -0.39 is 0 Å². The predicted molar refractivity (Wildman–Crippen MR) is 100 cm³/mol. The Morgan fingerprint density at radius 2 is 1.92 bits per heavy atom. The first-order chi connectivity index (χ1) is 12.0. The maximum Gasteiger partial charge on any atom is 0.255 e. The van der Waals surface area contributed by atoms with Crippen molar-refractivity contribution < 1.29 is 4.79 Å². The van der Waals surface area contributed by atoms with E-state index in [-0.39, 0.29) is 11.9 Å². The Balaban J connectivity index is 2.05. The number of hydrogen-bond acceptors (Lipinski definition) is 3. The number of aryl methyl sites for hydroxylation is 2. The molecule has 2 aromatic heterocycles. The van der Waals surface area contributed by atoms with Gasteiger partial charge in [-0.25, -0.2) is 0 Å². The fourth-order valence-corrected chi connectivity index (χ4v) is 2.96. The monoisotopic (exact) mass is 333 g/mol. The molecular formula is C21H23N3O. The van der Waals surface area contributed by atoms with Crippen molar-refractivity contribution in [2.45, 2.75) is 40.3 Å². The van der Waals surface area contributed by atoms with E-state index in [2.05, 4.69) is 9.97 Å². The molecule has 0 spiro atoms. The summed E-state index contributed by atoms with van der Waals surface area (Å²) in [4.78, 5) is 24.1. The van der Waals surface area contributed by atoms with Crippen LogP contribution < -0.4 is 0 Å². The highest BCUT2D eigenvalue weighted by Crippen LogP contribution is 2.23. The molecule has 25 heavy (non-hydrogen) atoms. The Labute approximate surface area is 148 Å². The molecule has 0 saturated carbocycles. The zero-order valence-electron chi connectivity index (χ0n) is 15.2. The topological polar surface area (TPSA) is 46.1 Å². The fourth-order valence-electron chi connectivity index (χ4n) is 2.96. The van der Waals surface area contributed by atoms with Crippen LogP contribution >= 0.6 is 0 Å². The van der Waals surface area contributed by atoms with Crippen LogP contribution in [-0.2, 0) is 6.54 Å². The third kappa shape index (κ3) is 3.68. The second kappa shape index (κ2) is 7.01. The van der Waals surface area contributed by atoms with E-state index in [9.17, 15) is 4.79 Å². The lowest BCUT2D eigenvalue weighted by molar-refractivity contribution is 0.0689. The molecule has 0 fully saturated rings. The number of pyridine rings is 2. The molecule has 128 valence electrons. The predicted octanol–water partition coefficient (Wildman–Crippen LogP) is 4.30. The minimum Gasteiger partial charge on any atom is -0.330 e. The fraction of sp³-hybridized carbons (Fsp3) is 0.286. The average Bonchev–Trinajstić information content (AvgIpc) is 2.59. The molecule has 0 atom stereocenters. The zero-order chi connectivity index (χ0) is 18.0. The maximum atomic E-state index is 13.3. The van der Waals surface area contributed by atoms with E-state index in [1.807, 2.05) is 75.1 Å². The second-order valence-corrected chi connectivity index (χ2v) is 6.68. The molecule has 1 amide bonds. The lowest BCUT2D eigenvalue weighted by atomic mass is 10.0. The molecule has 2 heterocycles. The van der Waals surface area contributed by atoms with Crippen molar-refractivity contribution in [1.82, 2.24) is 14.9 Å². The highest BCUT2D eigenvalue weighted by atomic mass is 16.2. The van der Waals surface area contributed by atoms with Crippen molar-refractivity contribution in [2.24, 2.45) is 0 Å². The third-order valence-electron chi connectivity index (χ3n) is 4.27. The molecule has 0 radical (unpaired) electrons. The van der Waals surface area contributed by atoms with Crippen molar-refractivity contribution in [1.29, 1.82) is 0 Å². The Hall–Kier alpha value is -2.75. The molecule has 4 nitrogen and oxygen atoms in total. The van der Waals surface area contributed by atoms with Gasteiger partial charge in [0.05, 0.1) is 23.3 Å². The summed E-state index contributed by atoms with van der Waals surface area (Å²) in [5.74, 6) is 0.0155. The van der Waals surface area contributed by atoms with Crippen LogP contribution in [0.5, 0.6) is 0 Å². The summed E-state index contributed by atoms with van der Waals surface area (Å²) in [6.45, 7) is 8.51. The minimum atomic E-state index is 0.0155. The van der Waals surface area contributed by atoms with Crippen LogP contribution in [-0.4, -0.2) is 26.8 Å². The summed E-state index contributed by atoms with van der Waals surface area (Å²) >= 11 is 0. The van der Waals surface area contributed by atoms with Crippen molar-refractivity contribution in [3.63, 3.8) is 0 Å². The summed E-state index contributed by atoms with van der Waals surface area (Å²) in [6, 6.07) is 13.8. The third-order valence-corrected chi connectivity index (χ3v) is 4.27. The number of aromatic nitrogens is 2. The van der Waals surface area contributed by atoms with Crippen LogP contribution in [0.4, 0.5) is 0 Å². The molecule has 3 rings (SSSR count). The number of carbonyl (C=O) groups excluding carboxylic acids is 1. The average molecular weight is 333 g/mol. The lowest BCUT2D eigenvalue weighted by Crippen LogP contribution is -2.36. The lowest BCUT2D eigenvalue weighted by Gasteiger charge is -2.27. The number of carbonyl (C=O) groups is 1. The van der Waals surface area contributed by atoms with Crippen LogP contribution in [0, 0.1) is 13.8 Å². The number of fused-ring (bicyclic) bond motifs is 1. The summed E-state index contributed by atoms with van der Waals surface area (Å²) in [7, 11) is 0. The van der Waals surface area contributed by atoms with Gasteiger partial charge < -0.3 is 4.90 Å². The molecule has 0 unspecified atom stereocenters. The molecule has 0 aliphatic heterocycles. The summed E-state index contributed by atoms with van der Waals surface area (Å²) in [5, 5.41) is 0.905. The van der Waals surface area contributed by atoms with Crippen LogP contribution in [0.1, 0.15) is 41.2 Å². The Morgan fingerprint density at radius 3 is 2.60 bits per heavy atom. The van der Waals surface area contributed by atoms with E-state index in [1.165, 1.54) is 0 Å². The summed E-state index contributed by atoms with van der Waals surface area (Å²) in [6.07, 6.45) is 1.76. The van der Waals surface area contributed by atoms with E-state index >= 15 is 0 Å². The van der Waals surface area contributed by atoms with Gasteiger partial charge in [0, 0.05) is 23.3 Å². The highest BCUT2D eigenvalue weighted by Gasteiger charge is 2.22. The molecule has 0 N–H and O–H groups in total. The Morgan fingerprint density at radius 1 is 1.12 bits per heavy atom. The summed E-state index contributed by atoms with van der Waals surface area (Å²) in [5.41, 5.74) is 4.41. The van der Waals surface area contributed by atoms with Crippen molar-refractivity contribution in [2.75, 3.05) is 0 Å². The molecular weight excluding hydrogens is 310 g/mol. The maximum absolute atomic E-state index is 13.3. The van der Waals surface area contributed by atoms with Crippen molar-refractivity contribution >= 4 is 16.8 Å². The Kier molecular flexibility index (Phi) is 4.79. The number of hydrogen-bond donors (Lipinski definition) is 0. The standard InChI is InChI=1S/C21H23N3O/c1-14(2)24(13-17-7-5-6-10-22-17)21(25)19-12-16(4)23-20-9-8-15(3)11-18(19)20/h5-12,14H,13H2,1-4H3. The normalized spacial score (nSPS) is 11.1. The molecule has 0 bridgehead atoms.